The number of hydrogen-bond acceptors (Lipinski definition) is 4. The summed E-state index contributed by atoms with van der Waals surface area (Å²) in [5, 5.41) is 13.2. The molecular weight excluding hydrogens is 236 g/mol. The van der Waals surface area contributed by atoms with Crippen LogP contribution < -0.4 is 10.6 Å². The van der Waals surface area contributed by atoms with Crippen molar-refractivity contribution in [1.29, 1.82) is 0 Å². The van der Waals surface area contributed by atoms with Crippen molar-refractivity contribution in [2.45, 2.75) is 0 Å². The molecule has 92 valence electrons. The van der Waals surface area contributed by atoms with Gasteiger partial charge in [0, 0.05) is 17.8 Å². The van der Waals surface area contributed by atoms with Crippen molar-refractivity contribution in [3.05, 3.63) is 35.4 Å². The van der Waals surface area contributed by atoms with Crippen LogP contribution >= 0.6 is 0 Å². The number of amides is 2. The van der Waals surface area contributed by atoms with Crippen LogP contribution in [-0.4, -0.2) is 29.4 Å². The van der Waals surface area contributed by atoms with Crippen molar-refractivity contribution in [2.75, 3.05) is 11.9 Å². The number of carbonyl (C=O) groups excluding carboxylic acids is 2. The van der Waals surface area contributed by atoms with Gasteiger partial charge in [0.25, 0.3) is 5.91 Å². The Balaban J connectivity index is 2.16. The van der Waals surface area contributed by atoms with Crippen molar-refractivity contribution in [1.82, 2.24) is 5.32 Å². The Bertz CT molecular complexity index is 563. The van der Waals surface area contributed by atoms with Crippen LogP contribution in [-0.2, 0) is 14.4 Å². The molecular formula is C12H10N2O4. The topological polar surface area (TPSA) is 95.5 Å². The minimum atomic E-state index is -1.69. The summed E-state index contributed by atoms with van der Waals surface area (Å²) in [7, 11) is 0. The molecule has 0 radical (unpaired) electrons. The van der Waals surface area contributed by atoms with Gasteiger partial charge >= 0.3 is 11.9 Å². The van der Waals surface area contributed by atoms with Crippen LogP contribution in [0.4, 0.5) is 5.69 Å². The van der Waals surface area contributed by atoms with E-state index >= 15 is 0 Å². The highest BCUT2D eigenvalue weighted by molar-refractivity contribution is 6.35. The van der Waals surface area contributed by atoms with Gasteiger partial charge in [0.2, 0.25) is 0 Å². The van der Waals surface area contributed by atoms with Gasteiger partial charge in [-0.1, -0.05) is 18.2 Å². The Morgan fingerprint density at radius 3 is 2.67 bits per heavy atom. The average Bonchev–Trinajstić information content (AvgIpc) is 2.37. The van der Waals surface area contributed by atoms with Gasteiger partial charge in [-0.25, -0.2) is 4.79 Å². The number of carboxylic acids is 1. The first-order valence-corrected chi connectivity index (χ1v) is 5.20. The Kier molecular flexibility index (Phi) is 3.09. The predicted molar refractivity (Wildman–Crippen MR) is 63.7 cm³/mol. The zero-order valence-electron chi connectivity index (χ0n) is 9.27. The first-order chi connectivity index (χ1) is 8.58. The number of carbonyl (C=O) groups is 3. The third-order valence-corrected chi connectivity index (χ3v) is 2.47. The number of aliphatic carboxylic acids is 1. The standard InChI is InChI=1S/C12H10N2O4/c15-10(14-11(16)12(17)18)8-5-7-3-1-2-4-9(7)13-6-8/h1-5,13H,6H2,(H,17,18)(H,14,15,16). The molecule has 0 aliphatic carbocycles. The fourth-order valence-electron chi connectivity index (χ4n) is 1.60. The molecule has 2 amide bonds. The minimum absolute atomic E-state index is 0.246. The molecule has 3 N–H and O–H groups in total. The SMILES string of the molecule is O=C(O)C(=O)NC(=O)C1=Cc2ccccc2NC1. The molecule has 6 nitrogen and oxygen atoms in total. The quantitative estimate of drug-likeness (QED) is 0.616. The number of anilines is 1. The Labute approximate surface area is 102 Å². The molecule has 0 atom stereocenters. The van der Waals surface area contributed by atoms with Gasteiger partial charge in [-0.3, -0.25) is 14.9 Å². The van der Waals surface area contributed by atoms with Gasteiger partial charge in [-0.2, -0.15) is 0 Å². The summed E-state index contributed by atoms with van der Waals surface area (Å²) >= 11 is 0. The van der Waals surface area contributed by atoms with E-state index in [4.69, 9.17) is 5.11 Å². The summed E-state index contributed by atoms with van der Waals surface area (Å²) in [6.07, 6.45) is 1.62. The highest BCUT2D eigenvalue weighted by Gasteiger charge is 2.20. The highest BCUT2D eigenvalue weighted by atomic mass is 16.4. The maximum Gasteiger partial charge on any atom is 0.394 e. The van der Waals surface area contributed by atoms with E-state index in [1.54, 1.807) is 11.4 Å². The molecule has 0 bridgehead atoms. The number of para-hydroxylation sites is 1. The summed E-state index contributed by atoms with van der Waals surface area (Å²) in [6, 6.07) is 7.36. The molecule has 1 aliphatic rings. The lowest BCUT2D eigenvalue weighted by Crippen LogP contribution is -2.38. The van der Waals surface area contributed by atoms with Crippen LogP contribution in [0.5, 0.6) is 0 Å². The number of benzene rings is 1. The van der Waals surface area contributed by atoms with Gasteiger partial charge < -0.3 is 10.4 Å². The molecule has 2 rings (SSSR count). The van der Waals surface area contributed by atoms with E-state index < -0.39 is 17.8 Å². The van der Waals surface area contributed by atoms with E-state index in [1.807, 2.05) is 24.3 Å². The Hall–Kier alpha value is -2.63. The monoisotopic (exact) mass is 246 g/mol. The Morgan fingerprint density at radius 1 is 1.22 bits per heavy atom. The number of fused-ring (bicyclic) bond motifs is 1. The zero-order valence-corrected chi connectivity index (χ0v) is 9.27. The fraction of sp³-hybridized carbons (Fsp3) is 0.0833. The van der Waals surface area contributed by atoms with Crippen LogP contribution in [0, 0.1) is 0 Å². The van der Waals surface area contributed by atoms with Crippen LogP contribution in [0.2, 0.25) is 0 Å². The van der Waals surface area contributed by atoms with Crippen LogP contribution in [0.3, 0.4) is 0 Å². The molecule has 0 unspecified atom stereocenters. The van der Waals surface area contributed by atoms with Crippen LogP contribution in [0.15, 0.2) is 29.8 Å². The summed E-state index contributed by atoms with van der Waals surface area (Å²) in [5.74, 6) is -3.72. The molecule has 1 aromatic carbocycles. The van der Waals surface area contributed by atoms with Crippen LogP contribution in [0.1, 0.15) is 5.56 Å². The lowest BCUT2D eigenvalue weighted by atomic mass is 10.0. The summed E-state index contributed by atoms with van der Waals surface area (Å²) < 4.78 is 0. The summed E-state index contributed by atoms with van der Waals surface area (Å²) in [4.78, 5) is 32.8. The molecule has 1 aromatic rings. The van der Waals surface area contributed by atoms with Crippen molar-refractivity contribution >= 4 is 29.5 Å². The van der Waals surface area contributed by atoms with Crippen molar-refractivity contribution in [3.63, 3.8) is 0 Å². The lowest BCUT2D eigenvalue weighted by molar-refractivity contribution is -0.151. The zero-order chi connectivity index (χ0) is 13.1. The maximum atomic E-state index is 11.6. The third kappa shape index (κ3) is 2.37. The molecule has 0 saturated heterocycles. The van der Waals surface area contributed by atoms with Gasteiger partial charge in [0.15, 0.2) is 0 Å². The van der Waals surface area contributed by atoms with E-state index in [0.29, 0.717) is 5.57 Å². The smallest absolute Gasteiger partial charge is 0.394 e. The number of rotatable bonds is 1. The predicted octanol–water partition coefficient (Wildman–Crippen LogP) is 0.223. The summed E-state index contributed by atoms with van der Waals surface area (Å²) in [5.41, 5.74) is 2.01. The van der Waals surface area contributed by atoms with Gasteiger partial charge in [0.1, 0.15) is 0 Å². The second-order valence-corrected chi connectivity index (χ2v) is 3.70. The average molecular weight is 246 g/mol. The Morgan fingerprint density at radius 2 is 1.94 bits per heavy atom. The first kappa shape index (κ1) is 11.8. The van der Waals surface area contributed by atoms with Gasteiger partial charge in [-0.05, 0) is 17.7 Å². The number of imide groups is 1. The largest absolute Gasteiger partial charge is 0.474 e. The van der Waals surface area contributed by atoms with Crippen LogP contribution in [0.25, 0.3) is 6.08 Å². The van der Waals surface area contributed by atoms with Crippen molar-refractivity contribution in [2.24, 2.45) is 0 Å². The first-order valence-electron chi connectivity index (χ1n) is 5.20. The molecule has 0 fully saturated rings. The number of carboxylic acid groups (broad SMARTS) is 1. The normalized spacial score (nSPS) is 12.8. The van der Waals surface area contributed by atoms with E-state index in [2.05, 4.69) is 5.32 Å². The van der Waals surface area contributed by atoms with E-state index in [-0.39, 0.29) is 6.54 Å². The molecule has 18 heavy (non-hydrogen) atoms. The van der Waals surface area contributed by atoms with E-state index in [0.717, 1.165) is 11.3 Å². The molecule has 1 aliphatic heterocycles. The second-order valence-electron chi connectivity index (χ2n) is 3.70. The lowest BCUT2D eigenvalue weighted by Gasteiger charge is -2.17. The molecule has 0 saturated carbocycles. The van der Waals surface area contributed by atoms with Crippen molar-refractivity contribution < 1.29 is 19.5 Å². The number of nitrogens with one attached hydrogen (secondary N) is 2. The van der Waals surface area contributed by atoms with E-state index in [9.17, 15) is 14.4 Å². The fourth-order valence-corrected chi connectivity index (χ4v) is 1.60. The molecule has 6 heteroatoms. The van der Waals surface area contributed by atoms with Gasteiger partial charge in [0.05, 0.1) is 0 Å². The molecule has 0 aromatic heterocycles. The van der Waals surface area contributed by atoms with E-state index in [1.165, 1.54) is 0 Å². The third-order valence-electron chi connectivity index (χ3n) is 2.47. The molecule has 0 spiro atoms. The van der Waals surface area contributed by atoms with Gasteiger partial charge in [-0.15, -0.1) is 0 Å². The molecule has 1 heterocycles. The summed E-state index contributed by atoms with van der Waals surface area (Å²) in [6.45, 7) is 0.246. The minimum Gasteiger partial charge on any atom is -0.474 e. The highest BCUT2D eigenvalue weighted by Crippen LogP contribution is 2.22. The van der Waals surface area contributed by atoms with Crippen molar-refractivity contribution in [3.8, 4) is 0 Å². The maximum absolute atomic E-state index is 11.6. The second kappa shape index (κ2) is 4.70. The number of hydrogen-bond donors (Lipinski definition) is 3.